The number of carbonyl (C=O) groups is 1. The zero-order valence-electron chi connectivity index (χ0n) is 6.97. The first-order valence-corrected chi connectivity index (χ1v) is 3.54. The number of rotatable bonds is 0. The standard InChI is InChI=1S/C8H12O3/c1-5(9)6-4-8(2,3)11-7(6)10/h9H,4H2,1-3H3. The Hall–Kier alpha value is -0.990. The van der Waals surface area contributed by atoms with Crippen molar-refractivity contribution in [2.45, 2.75) is 32.8 Å². The third kappa shape index (κ3) is 1.53. The minimum absolute atomic E-state index is 0.0700. The van der Waals surface area contributed by atoms with Gasteiger partial charge in [0.25, 0.3) is 0 Å². The van der Waals surface area contributed by atoms with Gasteiger partial charge in [0.05, 0.1) is 11.3 Å². The lowest BCUT2D eigenvalue weighted by atomic mass is 10.0. The third-order valence-corrected chi connectivity index (χ3v) is 1.65. The molecule has 0 amide bonds. The van der Waals surface area contributed by atoms with E-state index in [-0.39, 0.29) is 5.76 Å². The van der Waals surface area contributed by atoms with E-state index in [1.807, 2.05) is 13.8 Å². The first kappa shape index (κ1) is 8.11. The summed E-state index contributed by atoms with van der Waals surface area (Å²) in [6, 6.07) is 0. The zero-order chi connectivity index (χ0) is 8.65. The molecule has 1 fully saturated rings. The van der Waals surface area contributed by atoms with Crippen LogP contribution in [0, 0.1) is 0 Å². The maximum absolute atomic E-state index is 11.0. The lowest BCUT2D eigenvalue weighted by molar-refractivity contribution is -0.143. The molecule has 11 heavy (non-hydrogen) atoms. The Kier molecular flexibility index (Phi) is 1.66. The molecule has 0 atom stereocenters. The maximum atomic E-state index is 11.0. The van der Waals surface area contributed by atoms with Gasteiger partial charge in [0.1, 0.15) is 5.60 Å². The summed E-state index contributed by atoms with van der Waals surface area (Å²) >= 11 is 0. The second-order valence-electron chi connectivity index (χ2n) is 3.39. The number of hydrogen-bond acceptors (Lipinski definition) is 3. The van der Waals surface area contributed by atoms with Gasteiger partial charge in [0.2, 0.25) is 0 Å². The van der Waals surface area contributed by atoms with Crippen LogP contribution in [-0.2, 0) is 9.53 Å². The Labute approximate surface area is 65.7 Å². The van der Waals surface area contributed by atoms with Crippen LogP contribution >= 0.6 is 0 Å². The number of ether oxygens (including phenoxy) is 1. The van der Waals surface area contributed by atoms with Gasteiger partial charge in [-0.05, 0) is 20.8 Å². The van der Waals surface area contributed by atoms with Crippen LogP contribution < -0.4 is 0 Å². The summed E-state index contributed by atoms with van der Waals surface area (Å²) < 4.78 is 4.97. The summed E-state index contributed by atoms with van der Waals surface area (Å²) in [5, 5.41) is 9.03. The van der Waals surface area contributed by atoms with Crippen molar-refractivity contribution in [2.24, 2.45) is 0 Å². The van der Waals surface area contributed by atoms with Crippen LogP contribution in [0.5, 0.6) is 0 Å². The molecule has 1 aliphatic heterocycles. The second kappa shape index (κ2) is 2.26. The molecule has 62 valence electrons. The highest BCUT2D eigenvalue weighted by Gasteiger charge is 2.36. The highest BCUT2D eigenvalue weighted by Crippen LogP contribution is 2.30. The highest BCUT2D eigenvalue weighted by atomic mass is 16.6. The molecule has 0 aliphatic carbocycles. The van der Waals surface area contributed by atoms with E-state index in [1.165, 1.54) is 6.92 Å². The van der Waals surface area contributed by atoms with Crippen LogP contribution in [0.4, 0.5) is 0 Å². The molecule has 0 unspecified atom stereocenters. The fourth-order valence-corrected chi connectivity index (χ4v) is 1.12. The molecule has 1 rings (SSSR count). The van der Waals surface area contributed by atoms with Crippen molar-refractivity contribution in [3.63, 3.8) is 0 Å². The Morgan fingerprint density at radius 3 is 2.36 bits per heavy atom. The molecule has 0 radical (unpaired) electrons. The maximum Gasteiger partial charge on any atom is 0.338 e. The molecule has 0 bridgehead atoms. The van der Waals surface area contributed by atoms with E-state index in [4.69, 9.17) is 9.84 Å². The van der Waals surface area contributed by atoms with Crippen molar-refractivity contribution in [2.75, 3.05) is 0 Å². The van der Waals surface area contributed by atoms with Crippen molar-refractivity contribution >= 4 is 5.97 Å². The lowest BCUT2D eigenvalue weighted by Gasteiger charge is -2.13. The molecular weight excluding hydrogens is 144 g/mol. The number of allylic oxidation sites excluding steroid dienone is 1. The number of hydrogen-bond donors (Lipinski definition) is 1. The number of esters is 1. The average Bonchev–Trinajstić information content (AvgIpc) is 2.05. The average molecular weight is 156 g/mol. The Morgan fingerprint density at radius 2 is 2.18 bits per heavy atom. The molecule has 1 saturated heterocycles. The summed E-state index contributed by atoms with van der Waals surface area (Å²) in [6.07, 6.45) is 0.494. The summed E-state index contributed by atoms with van der Waals surface area (Å²) in [5.74, 6) is -0.324. The minimum atomic E-state index is -0.448. The van der Waals surface area contributed by atoms with E-state index in [0.29, 0.717) is 12.0 Å². The third-order valence-electron chi connectivity index (χ3n) is 1.65. The molecule has 1 aliphatic rings. The largest absolute Gasteiger partial charge is 0.512 e. The zero-order valence-corrected chi connectivity index (χ0v) is 6.97. The smallest absolute Gasteiger partial charge is 0.338 e. The van der Waals surface area contributed by atoms with Gasteiger partial charge < -0.3 is 9.84 Å². The molecule has 1 heterocycles. The molecule has 3 heteroatoms. The SMILES string of the molecule is CC(O)=C1CC(C)(C)OC1=O. The van der Waals surface area contributed by atoms with Gasteiger partial charge in [0.15, 0.2) is 0 Å². The van der Waals surface area contributed by atoms with Gasteiger partial charge >= 0.3 is 5.97 Å². The van der Waals surface area contributed by atoms with Crippen LogP contribution in [0.15, 0.2) is 11.3 Å². The van der Waals surface area contributed by atoms with Crippen molar-refractivity contribution in [3.05, 3.63) is 11.3 Å². The number of cyclic esters (lactones) is 1. The summed E-state index contributed by atoms with van der Waals surface area (Å²) in [7, 11) is 0. The van der Waals surface area contributed by atoms with Crippen LogP contribution in [0.3, 0.4) is 0 Å². The minimum Gasteiger partial charge on any atom is -0.512 e. The Balaban J connectivity index is 2.92. The topological polar surface area (TPSA) is 46.5 Å². The summed E-state index contributed by atoms with van der Waals surface area (Å²) in [4.78, 5) is 11.0. The first-order chi connectivity index (χ1) is 4.92. The van der Waals surface area contributed by atoms with Gasteiger partial charge in [-0.2, -0.15) is 0 Å². The summed E-state index contributed by atoms with van der Waals surface area (Å²) in [5.41, 5.74) is -0.0499. The van der Waals surface area contributed by atoms with E-state index < -0.39 is 11.6 Å². The molecule has 1 N–H and O–H groups in total. The fraction of sp³-hybridized carbons (Fsp3) is 0.625. The number of aliphatic hydroxyl groups excluding tert-OH is 1. The van der Waals surface area contributed by atoms with E-state index in [9.17, 15) is 4.79 Å². The van der Waals surface area contributed by atoms with Crippen molar-refractivity contribution in [3.8, 4) is 0 Å². The molecule has 0 aromatic heterocycles. The predicted octanol–water partition coefficient (Wildman–Crippen LogP) is 1.54. The van der Waals surface area contributed by atoms with E-state index in [2.05, 4.69) is 0 Å². The van der Waals surface area contributed by atoms with Crippen LogP contribution in [-0.4, -0.2) is 16.7 Å². The van der Waals surface area contributed by atoms with Gasteiger partial charge in [-0.3, -0.25) is 0 Å². The van der Waals surface area contributed by atoms with Gasteiger partial charge in [0, 0.05) is 6.42 Å². The van der Waals surface area contributed by atoms with Crippen LogP contribution in [0.1, 0.15) is 27.2 Å². The highest BCUT2D eigenvalue weighted by molar-refractivity contribution is 5.91. The molecule has 0 aromatic rings. The fourth-order valence-electron chi connectivity index (χ4n) is 1.12. The van der Waals surface area contributed by atoms with E-state index in [0.717, 1.165) is 0 Å². The second-order valence-corrected chi connectivity index (χ2v) is 3.39. The molecule has 0 spiro atoms. The molecule has 0 saturated carbocycles. The van der Waals surface area contributed by atoms with E-state index >= 15 is 0 Å². The Bertz CT molecular complexity index is 221. The van der Waals surface area contributed by atoms with Crippen LogP contribution in [0.2, 0.25) is 0 Å². The van der Waals surface area contributed by atoms with Crippen molar-refractivity contribution < 1.29 is 14.6 Å². The number of carbonyl (C=O) groups excluding carboxylic acids is 1. The van der Waals surface area contributed by atoms with Gasteiger partial charge in [-0.1, -0.05) is 0 Å². The monoisotopic (exact) mass is 156 g/mol. The number of aliphatic hydroxyl groups is 1. The Morgan fingerprint density at radius 1 is 1.64 bits per heavy atom. The van der Waals surface area contributed by atoms with Gasteiger partial charge in [-0.15, -0.1) is 0 Å². The van der Waals surface area contributed by atoms with Crippen molar-refractivity contribution in [1.82, 2.24) is 0 Å². The first-order valence-electron chi connectivity index (χ1n) is 3.54. The normalized spacial score (nSPS) is 26.6. The summed E-state index contributed by atoms with van der Waals surface area (Å²) in [6.45, 7) is 5.14. The van der Waals surface area contributed by atoms with Crippen LogP contribution in [0.25, 0.3) is 0 Å². The quantitative estimate of drug-likeness (QED) is 0.329. The van der Waals surface area contributed by atoms with E-state index in [1.54, 1.807) is 0 Å². The predicted molar refractivity (Wildman–Crippen MR) is 40.1 cm³/mol. The lowest BCUT2D eigenvalue weighted by Crippen LogP contribution is -2.17. The molecule has 3 nitrogen and oxygen atoms in total. The van der Waals surface area contributed by atoms with Gasteiger partial charge in [-0.25, -0.2) is 4.79 Å². The van der Waals surface area contributed by atoms with Crippen molar-refractivity contribution in [1.29, 1.82) is 0 Å². The molecule has 0 aromatic carbocycles. The molecular formula is C8H12O3.